The number of nitrogens with two attached hydrogens (primary N) is 1. The highest BCUT2D eigenvalue weighted by atomic mass is 15.6. The largest absolute Gasteiger partial charge is 0.368 e. The number of anilines is 1. The highest BCUT2D eigenvalue weighted by Gasteiger charge is 2.17. The van der Waals surface area contributed by atoms with Crippen LogP contribution in [-0.2, 0) is 0 Å². The summed E-state index contributed by atoms with van der Waals surface area (Å²) in [6.45, 7) is 1.99. The third-order valence-corrected chi connectivity index (χ3v) is 3.40. The first-order chi connectivity index (χ1) is 8.79. The Kier molecular flexibility index (Phi) is 2.56. The Balaban J connectivity index is 2.14. The van der Waals surface area contributed by atoms with Gasteiger partial charge in [0.25, 0.3) is 0 Å². The lowest BCUT2D eigenvalue weighted by atomic mass is 10.2. The fourth-order valence-electron chi connectivity index (χ4n) is 2.53. The Hall–Kier alpha value is -2.22. The van der Waals surface area contributed by atoms with Gasteiger partial charge in [-0.15, -0.1) is 0 Å². The van der Waals surface area contributed by atoms with Crippen LogP contribution in [0.15, 0.2) is 18.2 Å². The van der Waals surface area contributed by atoms with Gasteiger partial charge in [-0.25, -0.2) is 9.66 Å². The first-order valence-electron chi connectivity index (χ1n) is 6.23. The molecule has 0 aliphatic carbocycles. The second kappa shape index (κ2) is 4.22. The maximum Gasteiger partial charge on any atom is 0.220 e. The van der Waals surface area contributed by atoms with Gasteiger partial charge in [0.05, 0.1) is 22.7 Å². The number of fused-ring (bicyclic) bond motifs is 1. The van der Waals surface area contributed by atoms with E-state index in [0.717, 1.165) is 24.1 Å². The van der Waals surface area contributed by atoms with Crippen molar-refractivity contribution in [2.45, 2.75) is 19.3 Å². The average molecular weight is 241 g/mol. The van der Waals surface area contributed by atoms with Gasteiger partial charge in [0.1, 0.15) is 0 Å². The zero-order chi connectivity index (χ0) is 12.5. The van der Waals surface area contributed by atoms with Gasteiger partial charge in [0, 0.05) is 13.1 Å². The van der Waals surface area contributed by atoms with Crippen LogP contribution in [0.2, 0.25) is 0 Å². The van der Waals surface area contributed by atoms with Crippen molar-refractivity contribution in [1.82, 2.24) is 9.66 Å². The molecule has 1 saturated heterocycles. The monoisotopic (exact) mass is 241 g/mol. The van der Waals surface area contributed by atoms with Crippen molar-refractivity contribution in [2.75, 3.05) is 23.8 Å². The van der Waals surface area contributed by atoms with E-state index in [2.05, 4.69) is 16.1 Å². The standard InChI is InChI=1S/C13H15N5/c14-9-10-4-5-11-12(8-10)18(13(15)16-11)17-6-2-1-3-7-17/h4-5,8H,1-3,6-7H2,(H2,15,16). The van der Waals surface area contributed by atoms with Crippen molar-refractivity contribution in [3.05, 3.63) is 23.8 Å². The van der Waals surface area contributed by atoms with Crippen LogP contribution in [0.5, 0.6) is 0 Å². The molecular formula is C13H15N5. The molecule has 5 nitrogen and oxygen atoms in total. The maximum absolute atomic E-state index is 8.98. The van der Waals surface area contributed by atoms with Crippen molar-refractivity contribution in [2.24, 2.45) is 0 Å². The first-order valence-corrected chi connectivity index (χ1v) is 6.23. The second-order valence-electron chi connectivity index (χ2n) is 4.61. The quantitative estimate of drug-likeness (QED) is 0.823. The minimum Gasteiger partial charge on any atom is -0.368 e. The molecule has 1 fully saturated rings. The van der Waals surface area contributed by atoms with Gasteiger partial charge in [0.2, 0.25) is 5.95 Å². The molecule has 1 aliphatic heterocycles. The van der Waals surface area contributed by atoms with E-state index >= 15 is 0 Å². The molecule has 0 unspecified atom stereocenters. The molecule has 3 rings (SSSR count). The van der Waals surface area contributed by atoms with Crippen molar-refractivity contribution in [1.29, 1.82) is 5.26 Å². The summed E-state index contributed by atoms with van der Waals surface area (Å²) in [7, 11) is 0. The second-order valence-corrected chi connectivity index (χ2v) is 4.61. The molecule has 18 heavy (non-hydrogen) atoms. The van der Waals surface area contributed by atoms with E-state index in [0.29, 0.717) is 11.5 Å². The molecule has 1 aliphatic rings. The zero-order valence-electron chi connectivity index (χ0n) is 10.1. The van der Waals surface area contributed by atoms with Crippen molar-refractivity contribution < 1.29 is 0 Å². The highest BCUT2D eigenvalue weighted by molar-refractivity contribution is 5.80. The van der Waals surface area contributed by atoms with E-state index in [-0.39, 0.29) is 0 Å². The molecule has 2 aromatic rings. The summed E-state index contributed by atoms with van der Waals surface area (Å²) in [5.74, 6) is 0.502. The molecule has 2 N–H and O–H groups in total. The summed E-state index contributed by atoms with van der Waals surface area (Å²) in [4.78, 5) is 4.35. The van der Waals surface area contributed by atoms with E-state index < -0.39 is 0 Å². The van der Waals surface area contributed by atoms with Gasteiger partial charge in [-0.05, 0) is 37.5 Å². The number of imidazole rings is 1. The topological polar surface area (TPSA) is 70.9 Å². The number of hydrogen-bond acceptors (Lipinski definition) is 4. The fourth-order valence-corrected chi connectivity index (χ4v) is 2.53. The minimum absolute atomic E-state index is 0.502. The lowest BCUT2D eigenvalue weighted by molar-refractivity contribution is 0.489. The number of nitrogen functional groups attached to an aromatic ring is 1. The Morgan fingerprint density at radius 1 is 1.22 bits per heavy atom. The van der Waals surface area contributed by atoms with Crippen molar-refractivity contribution in [3.8, 4) is 6.07 Å². The minimum atomic E-state index is 0.502. The summed E-state index contributed by atoms with van der Waals surface area (Å²) in [5, 5.41) is 11.2. The summed E-state index contributed by atoms with van der Waals surface area (Å²) in [5.41, 5.74) is 8.41. The number of aromatic nitrogens is 2. The van der Waals surface area contributed by atoms with E-state index in [1.807, 2.05) is 16.8 Å². The zero-order valence-corrected chi connectivity index (χ0v) is 10.1. The number of benzene rings is 1. The summed E-state index contributed by atoms with van der Waals surface area (Å²) in [6, 6.07) is 7.64. The number of piperidine rings is 1. The summed E-state index contributed by atoms with van der Waals surface area (Å²) >= 11 is 0. The number of nitrogens with zero attached hydrogens (tertiary/aromatic N) is 4. The third-order valence-electron chi connectivity index (χ3n) is 3.40. The molecule has 0 amide bonds. The lowest BCUT2D eigenvalue weighted by Gasteiger charge is -2.30. The van der Waals surface area contributed by atoms with Crippen LogP contribution >= 0.6 is 0 Å². The molecule has 2 heterocycles. The third kappa shape index (κ3) is 1.66. The predicted octanol–water partition coefficient (Wildman–Crippen LogP) is 1.61. The Morgan fingerprint density at radius 3 is 2.72 bits per heavy atom. The average Bonchev–Trinajstić information content (AvgIpc) is 2.74. The smallest absolute Gasteiger partial charge is 0.220 e. The normalized spacial score (nSPS) is 15.8. The predicted molar refractivity (Wildman–Crippen MR) is 70.7 cm³/mol. The molecule has 0 spiro atoms. The molecule has 1 aromatic heterocycles. The lowest BCUT2D eigenvalue weighted by Crippen LogP contribution is -2.39. The Bertz CT molecular complexity index is 616. The number of nitriles is 1. The van der Waals surface area contributed by atoms with Gasteiger partial charge in [0.15, 0.2) is 0 Å². The van der Waals surface area contributed by atoms with Gasteiger partial charge in [-0.1, -0.05) is 0 Å². The van der Waals surface area contributed by atoms with Crippen LogP contribution in [-0.4, -0.2) is 22.7 Å². The van der Waals surface area contributed by atoms with Gasteiger partial charge < -0.3 is 10.7 Å². The van der Waals surface area contributed by atoms with Crippen LogP contribution in [0.4, 0.5) is 5.95 Å². The molecule has 5 heteroatoms. The van der Waals surface area contributed by atoms with Crippen LogP contribution < -0.4 is 10.7 Å². The van der Waals surface area contributed by atoms with Crippen molar-refractivity contribution >= 4 is 17.0 Å². The Morgan fingerprint density at radius 2 is 2.00 bits per heavy atom. The van der Waals surface area contributed by atoms with Crippen LogP contribution in [0.25, 0.3) is 11.0 Å². The van der Waals surface area contributed by atoms with Crippen LogP contribution in [0, 0.1) is 11.3 Å². The summed E-state index contributed by atoms with van der Waals surface area (Å²) < 4.78 is 1.95. The van der Waals surface area contributed by atoms with E-state index in [1.165, 1.54) is 19.3 Å². The first kappa shape index (κ1) is 10.9. The fraction of sp³-hybridized carbons (Fsp3) is 0.385. The molecule has 1 aromatic carbocycles. The molecule has 0 radical (unpaired) electrons. The van der Waals surface area contributed by atoms with Gasteiger partial charge in [-0.3, -0.25) is 0 Å². The highest BCUT2D eigenvalue weighted by Crippen LogP contribution is 2.21. The van der Waals surface area contributed by atoms with Crippen molar-refractivity contribution in [3.63, 3.8) is 0 Å². The molecule has 0 atom stereocenters. The SMILES string of the molecule is N#Cc1ccc2nc(N)n(N3CCCCC3)c2c1. The maximum atomic E-state index is 8.98. The van der Waals surface area contributed by atoms with E-state index in [4.69, 9.17) is 11.0 Å². The molecule has 0 bridgehead atoms. The Labute approximate surface area is 105 Å². The number of rotatable bonds is 1. The number of hydrogen-bond donors (Lipinski definition) is 1. The van der Waals surface area contributed by atoms with E-state index in [1.54, 1.807) is 6.07 Å². The van der Waals surface area contributed by atoms with E-state index in [9.17, 15) is 0 Å². The van der Waals surface area contributed by atoms with Crippen LogP contribution in [0.1, 0.15) is 24.8 Å². The molecular weight excluding hydrogens is 226 g/mol. The molecule has 0 saturated carbocycles. The summed E-state index contributed by atoms with van der Waals surface area (Å²) in [6.07, 6.45) is 3.63. The molecule has 92 valence electrons. The van der Waals surface area contributed by atoms with Gasteiger partial charge in [-0.2, -0.15) is 5.26 Å². The van der Waals surface area contributed by atoms with Crippen LogP contribution in [0.3, 0.4) is 0 Å². The van der Waals surface area contributed by atoms with Gasteiger partial charge >= 0.3 is 0 Å².